The second kappa shape index (κ2) is 8.65. The predicted molar refractivity (Wildman–Crippen MR) is 81.5 cm³/mol. The minimum atomic E-state index is -3.60. The molecule has 0 N–H and O–H groups in total. The van der Waals surface area contributed by atoms with Gasteiger partial charge in [-0.1, -0.05) is 26.7 Å². The van der Waals surface area contributed by atoms with E-state index in [1.54, 1.807) is 19.1 Å². The van der Waals surface area contributed by atoms with Crippen LogP contribution in [0.4, 0.5) is 0 Å². The van der Waals surface area contributed by atoms with Crippen molar-refractivity contribution in [2.75, 3.05) is 19.7 Å². The predicted octanol–water partition coefficient (Wildman–Crippen LogP) is 2.79. The van der Waals surface area contributed by atoms with Gasteiger partial charge in [0.05, 0.1) is 17.6 Å². The van der Waals surface area contributed by atoms with Gasteiger partial charge in [-0.15, -0.1) is 0 Å². The highest BCUT2D eigenvalue weighted by Gasteiger charge is 2.22. The Morgan fingerprint density at radius 1 is 1.19 bits per heavy atom. The number of nitrogens with zero attached hydrogens (tertiary/aromatic N) is 2. The normalized spacial score (nSPS) is 11.3. The number of hydrogen-bond acceptors (Lipinski definition) is 4. The molecular weight excluding hydrogens is 288 g/mol. The van der Waals surface area contributed by atoms with Crippen LogP contribution in [0.2, 0.25) is 0 Å². The Labute approximate surface area is 127 Å². The van der Waals surface area contributed by atoms with Gasteiger partial charge in [-0.05, 0) is 30.7 Å². The maximum atomic E-state index is 12.3. The summed E-state index contributed by atoms with van der Waals surface area (Å²) in [6.45, 7) is 4.59. The highest BCUT2D eigenvalue weighted by atomic mass is 32.2. The molecule has 0 aliphatic carbocycles. The lowest BCUT2D eigenvalue weighted by Gasteiger charge is -2.17. The molecule has 0 atom stereocenters. The molecule has 6 heteroatoms. The summed E-state index contributed by atoms with van der Waals surface area (Å²) in [6.07, 6.45) is 3.24. The fraction of sp³-hybridized carbons (Fsp3) is 0.533. The lowest BCUT2D eigenvalue weighted by Crippen LogP contribution is -2.31. The zero-order valence-corrected chi connectivity index (χ0v) is 13.4. The number of nitriles is 1. The highest BCUT2D eigenvalue weighted by molar-refractivity contribution is 7.89. The Kier molecular flexibility index (Phi) is 7.20. The number of hydrogen-bond donors (Lipinski definition) is 0. The summed E-state index contributed by atoms with van der Waals surface area (Å²) >= 11 is 0. The van der Waals surface area contributed by atoms with Gasteiger partial charge in [0, 0.05) is 6.54 Å². The molecule has 0 heterocycles. The second-order valence-corrected chi connectivity index (χ2v) is 6.55. The zero-order chi connectivity index (χ0) is 15.7. The van der Waals surface area contributed by atoms with E-state index >= 15 is 0 Å². The van der Waals surface area contributed by atoms with Crippen molar-refractivity contribution in [3.8, 4) is 11.8 Å². The lowest BCUT2D eigenvalue weighted by atomic mass is 10.3. The van der Waals surface area contributed by atoms with Crippen LogP contribution >= 0.6 is 0 Å². The van der Waals surface area contributed by atoms with Crippen LogP contribution in [0.25, 0.3) is 0 Å². The maximum absolute atomic E-state index is 12.3. The van der Waals surface area contributed by atoms with E-state index < -0.39 is 10.0 Å². The molecule has 0 spiro atoms. The molecule has 116 valence electrons. The Morgan fingerprint density at radius 3 is 2.38 bits per heavy atom. The molecule has 0 radical (unpaired) electrons. The molecule has 0 amide bonds. The van der Waals surface area contributed by atoms with E-state index in [0.717, 1.165) is 23.6 Å². The first-order valence-corrected chi connectivity index (χ1v) is 8.60. The number of ether oxygens (including phenoxy) is 1. The second-order valence-electron chi connectivity index (χ2n) is 4.62. The van der Waals surface area contributed by atoms with Gasteiger partial charge >= 0.3 is 0 Å². The van der Waals surface area contributed by atoms with Gasteiger partial charge in [0.1, 0.15) is 12.3 Å². The summed E-state index contributed by atoms with van der Waals surface area (Å²) in [7, 11) is -3.60. The van der Waals surface area contributed by atoms with Crippen LogP contribution in [-0.4, -0.2) is 32.4 Å². The van der Waals surface area contributed by atoms with Crippen LogP contribution in [0.3, 0.4) is 0 Å². The van der Waals surface area contributed by atoms with Crippen LogP contribution in [0.1, 0.15) is 33.1 Å². The first-order valence-electron chi connectivity index (χ1n) is 7.16. The summed E-state index contributed by atoms with van der Waals surface area (Å²) in [5.74, 6) is 0.661. The van der Waals surface area contributed by atoms with E-state index in [9.17, 15) is 8.42 Å². The van der Waals surface area contributed by atoms with Crippen molar-refractivity contribution in [3.63, 3.8) is 0 Å². The van der Waals surface area contributed by atoms with Crippen LogP contribution in [0, 0.1) is 11.3 Å². The van der Waals surface area contributed by atoms with Crippen molar-refractivity contribution in [2.24, 2.45) is 0 Å². The molecule has 0 aliphatic heterocycles. The zero-order valence-electron chi connectivity index (χ0n) is 12.6. The van der Waals surface area contributed by atoms with Gasteiger partial charge in [-0.3, -0.25) is 0 Å². The molecule has 0 aromatic heterocycles. The summed E-state index contributed by atoms with van der Waals surface area (Å²) < 4.78 is 31.3. The van der Waals surface area contributed by atoms with E-state index in [4.69, 9.17) is 10.00 Å². The van der Waals surface area contributed by atoms with Crippen molar-refractivity contribution < 1.29 is 13.2 Å². The van der Waals surface area contributed by atoms with Crippen molar-refractivity contribution in [1.29, 1.82) is 5.26 Å². The van der Waals surface area contributed by atoms with E-state index in [-0.39, 0.29) is 18.0 Å². The van der Waals surface area contributed by atoms with Crippen LogP contribution in [-0.2, 0) is 10.0 Å². The van der Waals surface area contributed by atoms with Crippen molar-refractivity contribution >= 4 is 10.0 Å². The molecule has 1 aromatic rings. The number of benzene rings is 1. The Hall–Kier alpha value is -1.58. The van der Waals surface area contributed by atoms with Crippen molar-refractivity contribution in [2.45, 2.75) is 38.0 Å². The molecule has 0 unspecified atom stereocenters. The van der Waals surface area contributed by atoms with Gasteiger partial charge < -0.3 is 4.74 Å². The Bertz CT molecular complexity index is 562. The molecule has 0 aliphatic rings. The standard InChI is InChI=1S/C15H22N2O3S/c1-3-5-6-13-20-14-7-9-15(10-8-14)21(18,19)17(4-2)12-11-16/h7-10H,3-6,12-13H2,1-2H3. The number of unbranched alkanes of at least 4 members (excludes halogenated alkanes) is 2. The average Bonchev–Trinajstić information content (AvgIpc) is 2.49. The van der Waals surface area contributed by atoms with Gasteiger partial charge in [0.15, 0.2) is 0 Å². The van der Waals surface area contributed by atoms with Crippen molar-refractivity contribution in [3.05, 3.63) is 24.3 Å². The molecule has 5 nitrogen and oxygen atoms in total. The summed E-state index contributed by atoms with van der Waals surface area (Å²) in [6, 6.07) is 8.21. The van der Waals surface area contributed by atoms with E-state index in [2.05, 4.69) is 6.92 Å². The molecule has 0 saturated carbocycles. The molecule has 1 rings (SSSR count). The fourth-order valence-electron chi connectivity index (χ4n) is 1.84. The van der Waals surface area contributed by atoms with E-state index in [1.807, 2.05) is 6.07 Å². The third kappa shape index (κ3) is 5.03. The lowest BCUT2D eigenvalue weighted by molar-refractivity contribution is 0.306. The molecule has 21 heavy (non-hydrogen) atoms. The van der Waals surface area contributed by atoms with Crippen LogP contribution in [0.15, 0.2) is 29.2 Å². The quantitative estimate of drug-likeness (QED) is 0.519. The SMILES string of the molecule is CCCCCOc1ccc(S(=O)(=O)N(CC)CC#N)cc1. The summed E-state index contributed by atoms with van der Waals surface area (Å²) in [5.41, 5.74) is 0. The number of rotatable bonds is 9. The summed E-state index contributed by atoms with van der Waals surface area (Å²) in [4.78, 5) is 0.181. The van der Waals surface area contributed by atoms with Crippen LogP contribution < -0.4 is 4.74 Å². The topological polar surface area (TPSA) is 70.4 Å². The van der Waals surface area contributed by atoms with E-state index in [0.29, 0.717) is 12.4 Å². The first kappa shape index (κ1) is 17.5. The third-order valence-corrected chi connectivity index (χ3v) is 5.01. The molecular formula is C15H22N2O3S. The first-order chi connectivity index (χ1) is 10.1. The van der Waals surface area contributed by atoms with Crippen LogP contribution in [0.5, 0.6) is 5.75 Å². The minimum absolute atomic E-state index is 0.145. The fourth-order valence-corrected chi connectivity index (χ4v) is 3.19. The van der Waals surface area contributed by atoms with Gasteiger partial charge in [-0.2, -0.15) is 9.57 Å². The van der Waals surface area contributed by atoms with E-state index in [1.165, 1.54) is 12.1 Å². The summed E-state index contributed by atoms with van der Waals surface area (Å²) in [5, 5.41) is 8.69. The monoisotopic (exact) mass is 310 g/mol. The molecule has 0 fully saturated rings. The number of sulfonamides is 1. The maximum Gasteiger partial charge on any atom is 0.244 e. The Balaban J connectivity index is 2.75. The Morgan fingerprint density at radius 2 is 1.86 bits per heavy atom. The van der Waals surface area contributed by atoms with Gasteiger partial charge in [0.25, 0.3) is 0 Å². The molecule has 0 saturated heterocycles. The molecule has 0 bridgehead atoms. The third-order valence-electron chi connectivity index (χ3n) is 3.08. The smallest absolute Gasteiger partial charge is 0.244 e. The minimum Gasteiger partial charge on any atom is -0.494 e. The van der Waals surface area contributed by atoms with Gasteiger partial charge in [0.2, 0.25) is 10.0 Å². The average molecular weight is 310 g/mol. The largest absolute Gasteiger partial charge is 0.494 e. The van der Waals surface area contributed by atoms with Gasteiger partial charge in [-0.25, -0.2) is 8.42 Å². The van der Waals surface area contributed by atoms with Crippen molar-refractivity contribution in [1.82, 2.24) is 4.31 Å². The molecule has 1 aromatic carbocycles. The highest BCUT2D eigenvalue weighted by Crippen LogP contribution is 2.19.